The highest BCUT2D eigenvalue weighted by Gasteiger charge is 2.31. The number of nitrogens with zero attached hydrogens (tertiary/aromatic N) is 1. The van der Waals surface area contributed by atoms with E-state index in [4.69, 9.17) is 4.74 Å². The minimum absolute atomic E-state index is 0.0646. The van der Waals surface area contributed by atoms with Crippen molar-refractivity contribution in [2.24, 2.45) is 0 Å². The first-order valence-corrected chi connectivity index (χ1v) is 9.64. The van der Waals surface area contributed by atoms with E-state index in [1.807, 2.05) is 13.8 Å². The van der Waals surface area contributed by atoms with E-state index in [2.05, 4.69) is 4.98 Å². The fourth-order valence-corrected chi connectivity index (χ4v) is 4.03. The maximum absolute atomic E-state index is 12.9. The molecule has 0 radical (unpaired) electrons. The van der Waals surface area contributed by atoms with Gasteiger partial charge < -0.3 is 4.74 Å². The minimum atomic E-state index is -4.24. The molecule has 0 bridgehead atoms. The van der Waals surface area contributed by atoms with Gasteiger partial charge in [0.2, 0.25) is 0 Å². The van der Waals surface area contributed by atoms with E-state index in [1.54, 1.807) is 16.9 Å². The van der Waals surface area contributed by atoms with Crippen LogP contribution in [0.1, 0.15) is 40.7 Å². The summed E-state index contributed by atoms with van der Waals surface area (Å²) in [6.45, 7) is 3.24. The molecule has 1 unspecified atom stereocenters. The maximum Gasteiger partial charge on any atom is 0.281 e. The summed E-state index contributed by atoms with van der Waals surface area (Å²) in [6.07, 6.45) is 1.10. The number of carbonyl (C=O) groups is 2. The van der Waals surface area contributed by atoms with Crippen LogP contribution >= 0.6 is 0 Å². The normalized spacial score (nSPS) is 16.1. The van der Waals surface area contributed by atoms with Crippen LogP contribution < -0.4 is 9.46 Å². The van der Waals surface area contributed by atoms with Crippen molar-refractivity contribution in [1.82, 2.24) is 9.71 Å². The number of benzene rings is 1. The number of rotatable bonds is 5. The number of sulfonamides is 1. The molecule has 0 fully saturated rings. The predicted molar refractivity (Wildman–Crippen MR) is 93.6 cm³/mol. The average Bonchev–Trinajstić information content (AvgIpc) is 2.90. The monoisotopic (exact) mass is 392 g/mol. The number of carbonyl (C=O) groups excluding carboxylic acids is 2. The van der Waals surface area contributed by atoms with Crippen molar-refractivity contribution in [1.29, 1.82) is 0 Å². The van der Waals surface area contributed by atoms with E-state index >= 15 is 0 Å². The number of ether oxygens (including phenoxy) is 1. The standard InChI is InChI=1S/C18H17FN2O5S/c1-10-3-5-14(18-13(22)7-11(2)17(10)18)26-9-15(23)21-27(24,25)16-6-4-12(19)8-20-16/h3-6,8,11H,7,9H2,1-2H3,(H,21,23). The van der Waals surface area contributed by atoms with Gasteiger partial charge in [0, 0.05) is 6.42 Å². The van der Waals surface area contributed by atoms with E-state index in [0.29, 0.717) is 12.0 Å². The molecule has 0 spiro atoms. The Bertz CT molecular complexity index is 1020. The van der Waals surface area contributed by atoms with Gasteiger partial charge in [0.1, 0.15) is 11.6 Å². The molecule has 1 amide bonds. The van der Waals surface area contributed by atoms with Crippen molar-refractivity contribution in [3.63, 3.8) is 0 Å². The molecule has 3 rings (SSSR count). The highest BCUT2D eigenvalue weighted by molar-refractivity contribution is 7.90. The first-order valence-electron chi connectivity index (χ1n) is 8.15. The second-order valence-electron chi connectivity index (χ2n) is 6.33. The Morgan fingerprint density at radius 3 is 2.74 bits per heavy atom. The average molecular weight is 392 g/mol. The molecule has 1 N–H and O–H groups in total. The molecule has 0 saturated heterocycles. The van der Waals surface area contributed by atoms with Crippen LogP contribution in [0.15, 0.2) is 35.5 Å². The van der Waals surface area contributed by atoms with Crippen molar-refractivity contribution < 1.29 is 27.1 Å². The lowest BCUT2D eigenvalue weighted by Crippen LogP contribution is -2.35. The van der Waals surface area contributed by atoms with E-state index < -0.39 is 33.4 Å². The number of hydrogen-bond donors (Lipinski definition) is 1. The highest BCUT2D eigenvalue weighted by atomic mass is 32.2. The quantitative estimate of drug-likeness (QED) is 0.836. The lowest BCUT2D eigenvalue weighted by atomic mass is 9.97. The van der Waals surface area contributed by atoms with Crippen LogP contribution in [0.25, 0.3) is 0 Å². The topological polar surface area (TPSA) is 102 Å². The summed E-state index contributed by atoms with van der Waals surface area (Å²) in [5.74, 6) is -1.39. The molecule has 1 heterocycles. The second-order valence-corrected chi connectivity index (χ2v) is 7.96. The lowest BCUT2D eigenvalue weighted by Gasteiger charge is -2.13. The number of aromatic nitrogens is 1. The molecule has 27 heavy (non-hydrogen) atoms. The Kier molecular flexibility index (Phi) is 4.97. The predicted octanol–water partition coefficient (Wildman–Crippen LogP) is 2.10. The van der Waals surface area contributed by atoms with Crippen LogP contribution in [-0.4, -0.2) is 31.7 Å². The van der Waals surface area contributed by atoms with Crippen LogP contribution in [0.5, 0.6) is 5.75 Å². The van der Waals surface area contributed by atoms with Crippen LogP contribution in [-0.2, 0) is 14.8 Å². The SMILES string of the molecule is Cc1ccc(OCC(=O)NS(=O)(=O)c2ccc(F)cn2)c2c1C(C)CC2=O. The molecule has 1 aliphatic carbocycles. The Hall–Kier alpha value is -2.81. The lowest BCUT2D eigenvalue weighted by molar-refractivity contribution is -0.121. The largest absolute Gasteiger partial charge is 0.483 e. The van der Waals surface area contributed by atoms with E-state index in [1.165, 1.54) is 0 Å². The fraction of sp³-hybridized carbons (Fsp3) is 0.278. The van der Waals surface area contributed by atoms with Gasteiger partial charge in [-0.25, -0.2) is 14.1 Å². The number of halogens is 1. The van der Waals surface area contributed by atoms with Gasteiger partial charge in [-0.05, 0) is 42.2 Å². The van der Waals surface area contributed by atoms with Crippen LogP contribution in [0, 0.1) is 12.7 Å². The van der Waals surface area contributed by atoms with Crippen LogP contribution in [0.2, 0.25) is 0 Å². The molecule has 1 aliphatic rings. The Morgan fingerprint density at radius 2 is 2.07 bits per heavy atom. The van der Waals surface area contributed by atoms with Gasteiger partial charge in [-0.3, -0.25) is 9.59 Å². The molecule has 0 saturated carbocycles. The molecule has 1 aromatic carbocycles. The van der Waals surface area contributed by atoms with Gasteiger partial charge in [0.05, 0.1) is 11.8 Å². The number of pyridine rings is 1. The number of ketones is 1. The molecule has 0 aliphatic heterocycles. The second kappa shape index (κ2) is 7.07. The zero-order valence-corrected chi connectivity index (χ0v) is 15.5. The Labute approximate surface area is 155 Å². The number of nitrogens with one attached hydrogen (secondary N) is 1. The molecule has 2 aromatic rings. The van der Waals surface area contributed by atoms with Gasteiger partial charge in [-0.15, -0.1) is 0 Å². The third-order valence-corrected chi connectivity index (χ3v) is 5.56. The van der Waals surface area contributed by atoms with Gasteiger partial charge >= 0.3 is 0 Å². The maximum atomic E-state index is 12.9. The third-order valence-electron chi connectivity index (χ3n) is 4.27. The van der Waals surface area contributed by atoms with Gasteiger partial charge in [-0.2, -0.15) is 8.42 Å². The molecular weight excluding hydrogens is 375 g/mol. The van der Waals surface area contributed by atoms with E-state index in [-0.39, 0.29) is 17.5 Å². The number of aryl methyl sites for hydroxylation is 1. The summed E-state index contributed by atoms with van der Waals surface area (Å²) in [7, 11) is -4.24. The molecule has 9 heteroatoms. The van der Waals surface area contributed by atoms with Crippen molar-refractivity contribution in [3.8, 4) is 5.75 Å². The summed E-state index contributed by atoms with van der Waals surface area (Å²) in [5, 5.41) is -0.488. The van der Waals surface area contributed by atoms with E-state index in [0.717, 1.165) is 29.5 Å². The summed E-state index contributed by atoms with van der Waals surface area (Å²) in [6, 6.07) is 5.25. The molecular formula is C18H17FN2O5S. The van der Waals surface area contributed by atoms with Gasteiger partial charge in [0.25, 0.3) is 15.9 Å². The van der Waals surface area contributed by atoms with Crippen LogP contribution in [0.3, 0.4) is 0 Å². The molecule has 1 atom stereocenters. The Balaban J connectivity index is 1.72. The van der Waals surface area contributed by atoms with Crippen molar-refractivity contribution in [2.75, 3.05) is 6.61 Å². The Morgan fingerprint density at radius 1 is 1.33 bits per heavy atom. The smallest absolute Gasteiger partial charge is 0.281 e. The zero-order chi connectivity index (χ0) is 19.8. The summed E-state index contributed by atoms with van der Waals surface area (Å²) >= 11 is 0. The summed E-state index contributed by atoms with van der Waals surface area (Å²) < 4.78 is 44.2. The zero-order valence-electron chi connectivity index (χ0n) is 14.7. The first-order chi connectivity index (χ1) is 12.7. The summed E-state index contributed by atoms with van der Waals surface area (Å²) in [5.41, 5.74) is 2.30. The third kappa shape index (κ3) is 3.82. The molecule has 142 valence electrons. The highest BCUT2D eigenvalue weighted by Crippen LogP contribution is 2.40. The van der Waals surface area contributed by atoms with Crippen molar-refractivity contribution in [3.05, 3.63) is 53.0 Å². The van der Waals surface area contributed by atoms with Gasteiger partial charge in [-0.1, -0.05) is 13.0 Å². The fourth-order valence-electron chi connectivity index (χ4n) is 3.12. The molecule has 1 aromatic heterocycles. The number of fused-ring (bicyclic) bond motifs is 1. The number of Topliss-reactive ketones (excluding diaryl/α,β-unsaturated/α-hetero) is 1. The van der Waals surface area contributed by atoms with Crippen molar-refractivity contribution >= 4 is 21.7 Å². The summed E-state index contributed by atoms with van der Waals surface area (Å²) in [4.78, 5) is 27.6. The van der Waals surface area contributed by atoms with Crippen LogP contribution in [0.4, 0.5) is 4.39 Å². The first kappa shape index (κ1) is 19.0. The molecule has 7 nitrogen and oxygen atoms in total. The minimum Gasteiger partial charge on any atom is -0.483 e. The van der Waals surface area contributed by atoms with E-state index in [9.17, 15) is 22.4 Å². The van der Waals surface area contributed by atoms with Crippen molar-refractivity contribution in [2.45, 2.75) is 31.2 Å². The number of amides is 1. The number of hydrogen-bond acceptors (Lipinski definition) is 6. The van der Waals surface area contributed by atoms with Gasteiger partial charge in [0.15, 0.2) is 17.4 Å².